The van der Waals surface area contributed by atoms with Crippen molar-refractivity contribution in [2.75, 3.05) is 6.61 Å². The van der Waals surface area contributed by atoms with Crippen LogP contribution in [-0.4, -0.2) is 18.6 Å². The van der Waals surface area contributed by atoms with Crippen LogP contribution in [0.5, 0.6) is 0 Å². The van der Waals surface area contributed by atoms with Crippen molar-refractivity contribution in [2.45, 2.75) is 32.7 Å². The molecule has 1 aliphatic carbocycles. The first kappa shape index (κ1) is 9.10. The molecule has 1 aliphatic rings. The van der Waals surface area contributed by atoms with Gasteiger partial charge in [0, 0.05) is 6.04 Å². The van der Waals surface area contributed by atoms with E-state index in [1.54, 1.807) is 6.08 Å². The first-order valence-electron chi connectivity index (χ1n) is 4.38. The first-order valence-corrected chi connectivity index (χ1v) is 4.38. The molecule has 1 fully saturated rings. The maximum atomic E-state index is 11.2. The van der Waals surface area contributed by atoms with Crippen molar-refractivity contribution >= 4 is 5.97 Å². The second-order valence-corrected chi connectivity index (χ2v) is 2.84. The number of nitrogens with one attached hydrogen (secondary N) is 1. The molecule has 0 heterocycles. The SMILES string of the molecule is CC=C(NC1CC1)C(=O)OCC. The smallest absolute Gasteiger partial charge is 0.354 e. The molecule has 0 amide bonds. The fourth-order valence-electron chi connectivity index (χ4n) is 0.917. The molecule has 0 radical (unpaired) electrons. The van der Waals surface area contributed by atoms with E-state index in [0.717, 1.165) is 12.8 Å². The van der Waals surface area contributed by atoms with E-state index in [1.807, 2.05) is 13.8 Å². The summed E-state index contributed by atoms with van der Waals surface area (Å²) in [7, 11) is 0. The van der Waals surface area contributed by atoms with Crippen LogP contribution in [-0.2, 0) is 9.53 Å². The lowest BCUT2D eigenvalue weighted by atomic mass is 10.4. The number of allylic oxidation sites excluding steroid dienone is 1. The molecule has 1 saturated carbocycles. The van der Waals surface area contributed by atoms with Crippen molar-refractivity contribution < 1.29 is 9.53 Å². The Kier molecular flexibility index (Phi) is 3.14. The van der Waals surface area contributed by atoms with Crippen molar-refractivity contribution in [3.05, 3.63) is 11.8 Å². The summed E-state index contributed by atoms with van der Waals surface area (Å²) in [5.74, 6) is -0.244. The molecule has 3 nitrogen and oxygen atoms in total. The predicted octanol–water partition coefficient (Wildman–Crippen LogP) is 1.21. The number of hydrogen-bond donors (Lipinski definition) is 1. The molecule has 0 aromatic rings. The van der Waals surface area contributed by atoms with Crippen LogP contribution in [0.2, 0.25) is 0 Å². The van der Waals surface area contributed by atoms with Gasteiger partial charge in [0.25, 0.3) is 0 Å². The molecular formula is C9H15NO2. The Morgan fingerprint density at radius 3 is 2.75 bits per heavy atom. The maximum absolute atomic E-state index is 11.2. The quantitative estimate of drug-likeness (QED) is 0.507. The van der Waals surface area contributed by atoms with Crippen molar-refractivity contribution in [1.82, 2.24) is 5.32 Å². The van der Waals surface area contributed by atoms with E-state index in [2.05, 4.69) is 5.32 Å². The highest BCUT2D eigenvalue weighted by atomic mass is 16.5. The third-order valence-electron chi connectivity index (χ3n) is 1.72. The highest BCUT2D eigenvalue weighted by Crippen LogP contribution is 2.20. The van der Waals surface area contributed by atoms with Gasteiger partial charge in [0.2, 0.25) is 0 Å². The molecule has 0 bridgehead atoms. The summed E-state index contributed by atoms with van der Waals surface area (Å²) in [5, 5.41) is 3.11. The van der Waals surface area contributed by atoms with E-state index in [1.165, 1.54) is 0 Å². The monoisotopic (exact) mass is 169 g/mol. The van der Waals surface area contributed by atoms with Crippen LogP contribution in [0.25, 0.3) is 0 Å². The normalized spacial score (nSPS) is 17.3. The third kappa shape index (κ3) is 2.57. The Bertz CT molecular complexity index is 195. The lowest BCUT2D eigenvalue weighted by Crippen LogP contribution is -2.23. The summed E-state index contributed by atoms with van der Waals surface area (Å²) in [6.45, 7) is 4.08. The molecule has 3 heteroatoms. The minimum absolute atomic E-state index is 0.244. The number of esters is 1. The van der Waals surface area contributed by atoms with E-state index >= 15 is 0 Å². The van der Waals surface area contributed by atoms with Gasteiger partial charge in [-0.3, -0.25) is 0 Å². The highest BCUT2D eigenvalue weighted by molar-refractivity contribution is 5.87. The second kappa shape index (κ2) is 4.14. The average Bonchev–Trinajstić information content (AvgIpc) is 2.84. The summed E-state index contributed by atoms with van der Waals surface area (Å²) in [6.07, 6.45) is 4.09. The summed E-state index contributed by atoms with van der Waals surface area (Å²) in [6, 6.07) is 0.501. The van der Waals surface area contributed by atoms with Gasteiger partial charge in [0.05, 0.1) is 6.61 Å². The topological polar surface area (TPSA) is 38.3 Å². The molecule has 0 saturated heterocycles. The first-order chi connectivity index (χ1) is 5.77. The molecule has 0 aromatic heterocycles. The molecule has 0 aromatic carbocycles. The van der Waals surface area contributed by atoms with Crippen LogP contribution in [0.3, 0.4) is 0 Å². The number of carbonyl (C=O) groups excluding carboxylic acids is 1. The summed E-state index contributed by atoms with van der Waals surface area (Å²) in [5.41, 5.74) is 0.597. The fourth-order valence-corrected chi connectivity index (χ4v) is 0.917. The third-order valence-corrected chi connectivity index (χ3v) is 1.72. The van der Waals surface area contributed by atoms with Crippen LogP contribution < -0.4 is 5.32 Å². The van der Waals surface area contributed by atoms with Crippen LogP contribution in [0.15, 0.2) is 11.8 Å². The van der Waals surface area contributed by atoms with Gasteiger partial charge in [-0.1, -0.05) is 6.08 Å². The van der Waals surface area contributed by atoms with Crippen molar-refractivity contribution in [2.24, 2.45) is 0 Å². The minimum atomic E-state index is -0.244. The Hall–Kier alpha value is -0.990. The van der Waals surface area contributed by atoms with Gasteiger partial charge in [-0.2, -0.15) is 0 Å². The Labute approximate surface area is 72.8 Å². The fraction of sp³-hybridized carbons (Fsp3) is 0.667. The highest BCUT2D eigenvalue weighted by Gasteiger charge is 2.24. The van der Waals surface area contributed by atoms with Gasteiger partial charge in [-0.25, -0.2) is 4.79 Å². The van der Waals surface area contributed by atoms with Gasteiger partial charge in [-0.05, 0) is 26.7 Å². The van der Waals surface area contributed by atoms with Crippen molar-refractivity contribution in [3.8, 4) is 0 Å². The molecule has 68 valence electrons. The zero-order valence-electron chi connectivity index (χ0n) is 7.59. The average molecular weight is 169 g/mol. The molecule has 1 rings (SSSR count). The Balaban J connectivity index is 2.37. The maximum Gasteiger partial charge on any atom is 0.354 e. The zero-order valence-corrected chi connectivity index (χ0v) is 7.59. The van der Waals surface area contributed by atoms with Crippen LogP contribution in [0, 0.1) is 0 Å². The summed E-state index contributed by atoms with van der Waals surface area (Å²) >= 11 is 0. The molecule has 0 unspecified atom stereocenters. The molecule has 0 atom stereocenters. The van der Waals surface area contributed by atoms with E-state index in [-0.39, 0.29) is 5.97 Å². The lowest BCUT2D eigenvalue weighted by Gasteiger charge is -2.07. The van der Waals surface area contributed by atoms with Crippen LogP contribution >= 0.6 is 0 Å². The van der Waals surface area contributed by atoms with Crippen molar-refractivity contribution in [3.63, 3.8) is 0 Å². The molecule has 0 aliphatic heterocycles. The second-order valence-electron chi connectivity index (χ2n) is 2.84. The van der Waals surface area contributed by atoms with E-state index in [0.29, 0.717) is 18.3 Å². The number of rotatable bonds is 4. The Morgan fingerprint density at radius 2 is 2.33 bits per heavy atom. The van der Waals surface area contributed by atoms with E-state index in [4.69, 9.17) is 4.74 Å². The summed E-state index contributed by atoms with van der Waals surface area (Å²) < 4.78 is 4.85. The Morgan fingerprint density at radius 1 is 1.67 bits per heavy atom. The van der Waals surface area contributed by atoms with Gasteiger partial charge in [-0.15, -0.1) is 0 Å². The van der Waals surface area contributed by atoms with Gasteiger partial charge in [0.15, 0.2) is 0 Å². The van der Waals surface area contributed by atoms with Crippen LogP contribution in [0.4, 0.5) is 0 Å². The standard InChI is InChI=1S/C9H15NO2/c1-3-8(9(11)12-4-2)10-7-5-6-7/h3,7,10H,4-6H2,1-2H3. The molecule has 12 heavy (non-hydrogen) atoms. The number of hydrogen-bond acceptors (Lipinski definition) is 3. The van der Waals surface area contributed by atoms with E-state index in [9.17, 15) is 4.79 Å². The largest absolute Gasteiger partial charge is 0.461 e. The van der Waals surface area contributed by atoms with Crippen molar-refractivity contribution in [1.29, 1.82) is 0 Å². The van der Waals surface area contributed by atoms with Gasteiger partial charge < -0.3 is 10.1 Å². The minimum Gasteiger partial charge on any atom is -0.461 e. The van der Waals surface area contributed by atoms with E-state index < -0.39 is 0 Å². The molecular weight excluding hydrogens is 154 g/mol. The lowest BCUT2D eigenvalue weighted by molar-refractivity contribution is -0.139. The molecule has 0 spiro atoms. The summed E-state index contributed by atoms with van der Waals surface area (Å²) in [4.78, 5) is 11.2. The van der Waals surface area contributed by atoms with Gasteiger partial charge >= 0.3 is 5.97 Å². The zero-order chi connectivity index (χ0) is 8.97. The number of ether oxygens (including phenoxy) is 1. The number of carbonyl (C=O) groups is 1. The van der Waals surface area contributed by atoms with Crippen LogP contribution in [0.1, 0.15) is 26.7 Å². The predicted molar refractivity (Wildman–Crippen MR) is 46.5 cm³/mol. The molecule has 1 N–H and O–H groups in total. The van der Waals surface area contributed by atoms with Gasteiger partial charge in [0.1, 0.15) is 5.70 Å².